The molecule has 2 heterocycles. The van der Waals surface area contributed by atoms with Crippen LogP contribution in [-0.2, 0) is 0 Å². The van der Waals surface area contributed by atoms with Crippen LogP contribution in [0, 0.1) is 47.3 Å². The molecule has 0 amide bonds. The fourth-order valence-electron chi connectivity index (χ4n) is 9.60. The van der Waals surface area contributed by atoms with Crippen molar-refractivity contribution in [3.05, 3.63) is 0 Å². The zero-order valence-corrected chi connectivity index (χ0v) is 17.9. The predicted octanol–water partition coefficient (Wildman–Crippen LogP) is 6.63. The summed E-state index contributed by atoms with van der Waals surface area (Å²) in [6, 6.07) is 0. The second-order valence-corrected chi connectivity index (χ2v) is 14.1. The Morgan fingerprint density at radius 1 is 0.423 bits per heavy atom. The molecule has 2 heteroatoms. The highest BCUT2D eigenvalue weighted by atomic mass is 32.2. The van der Waals surface area contributed by atoms with Gasteiger partial charge in [-0.05, 0) is 98.7 Å². The standard InChI is InChI=1S/C24H36S2/c1-3-7-21-15(5-1)19-11-13-9-18-14(10-17(13)23(19)25-21)12-20-16-6-2-4-8-22(16)26-24(18)20/h13-24H,1-12H2. The third-order valence-corrected chi connectivity index (χ3v) is 14.4. The van der Waals surface area contributed by atoms with Gasteiger partial charge in [0, 0.05) is 21.0 Å². The monoisotopic (exact) mass is 388 g/mol. The second-order valence-electron chi connectivity index (χ2n) is 11.3. The molecule has 0 nitrogen and oxygen atoms in total. The minimum absolute atomic E-state index is 1.08. The smallest absolute Gasteiger partial charge is 0.0112 e. The van der Waals surface area contributed by atoms with Gasteiger partial charge >= 0.3 is 0 Å². The Kier molecular flexibility index (Phi) is 3.87. The lowest BCUT2D eigenvalue weighted by molar-refractivity contribution is 0.160. The zero-order valence-electron chi connectivity index (χ0n) is 16.2. The van der Waals surface area contributed by atoms with Crippen LogP contribution in [0.3, 0.4) is 0 Å². The van der Waals surface area contributed by atoms with E-state index in [1.54, 1.807) is 64.2 Å². The lowest BCUT2D eigenvalue weighted by atomic mass is 9.71. The molecule has 12 atom stereocenters. The zero-order chi connectivity index (χ0) is 16.8. The minimum Gasteiger partial charge on any atom is -0.154 e. The molecule has 7 rings (SSSR count). The molecular weight excluding hydrogens is 352 g/mol. The average molecular weight is 389 g/mol. The third kappa shape index (κ3) is 2.24. The van der Waals surface area contributed by atoms with Crippen LogP contribution in [0.2, 0.25) is 0 Å². The summed E-state index contributed by atoms with van der Waals surface area (Å²) in [7, 11) is 0. The van der Waals surface area contributed by atoms with Gasteiger partial charge in [-0.2, -0.15) is 23.5 Å². The molecule has 0 aromatic rings. The molecule has 2 aliphatic heterocycles. The molecule has 7 aliphatic rings. The number of rotatable bonds is 0. The van der Waals surface area contributed by atoms with E-state index in [9.17, 15) is 0 Å². The SMILES string of the molecule is C1CCC2C(C1)SC1C3CC4CC5C6CCCCC6SC5C4CC3CC21. The van der Waals surface area contributed by atoms with Crippen molar-refractivity contribution in [1.82, 2.24) is 0 Å². The maximum absolute atomic E-state index is 2.52. The van der Waals surface area contributed by atoms with Gasteiger partial charge in [0.15, 0.2) is 0 Å². The number of thioether (sulfide) groups is 2. The maximum Gasteiger partial charge on any atom is 0.0112 e. The number of hydrogen-bond acceptors (Lipinski definition) is 2. The first-order chi connectivity index (χ1) is 12.9. The summed E-state index contributed by atoms with van der Waals surface area (Å²) in [6.07, 6.45) is 19.1. The first-order valence-corrected chi connectivity index (χ1v) is 14.1. The highest BCUT2D eigenvalue weighted by Gasteiger charge is 2.61. The van der Waals surface area contributed by atoms with E-state index in [0.29, 0.717) is 0 Å². The highest BCUT2D eigenvalue weighted by Crippen LogP contribution is 2.68. The summed E-state index contributed by atoms with van der Waals surface area (Å²) < 4.78 is 0. The van der Waals surface area contributed by atoms with Crippen molar-refractivity contribution in [2.45, 2.75) is 98.0 Å². The number of hydrogen-bond donors (Lipinski definition) is 0. The van der Waals surface area contributed by atoms with E-state index in [4.69, 9.17) is 0 Å². The topological polar surface area (TPSA) is 0 Å². The molecule has 144 valence electrons. The molecular formula is C24H36S2. The van der Waals surface area contributed by atoms with Crippen molar-refractivity contribution in [1.29, 1.82) is 0 Å². The van der Waals surface area contributed by atoms with Gasteiger partial charge in [0.05, 0.1) is 0 Å². The molecule has 26 heavy (non-hydrogen) atoms. The maximum atomic E-state index is 2.52. The van der Waals surface area contributed by atoms with Crippen molar-refractivity contribution < 1.29 is 0 Å². The van der Waals surface area contributed by atoms with Gasteiger partial charge in [-0.15, -0.1) is 0 Å². The molecule has 0 aromatic carbocycles. The average Bonchev–Trinajstić information content (AvgIpc) is 3.38. The predicted molar refractivity (Wildman–Crippen MR) is 114 cm³/mol. The van der Waals surface area contributed by atoms with Gasteiger partial charge in [0.25, 0.3) is 0 Å². The van der Waals surface area contributed by atoms with Crippen molar-refractivity contribution >= 4 is 23.5 Å². The van der Waals surface area contributed by atoms with Gasteiger partial charge in [-0.25, -0.2) is 0 Å². The molecule has 0 spiro atoms. The van der Waals surface area contributed by atoms with E-state index in [2.05, 4.69) is 23.5 Å². The molecule has 0 aromatic heterocycles. The second kappa shape index (κ2) is 6.10. The van der Waals surface area contributed by atoms with Crippen LogP contribution in [-0.4, -0.2) is 21.0 Å². The molecule has 5 saturated carbocycles. The molecule has 0 radical (unpaired) electrons. The quantitative estimate of drug-likeness (QED) is 0.456. The van der Waals surface area contributed by atoms with Crippen molar-refractivity contribution in [2.75, 3.05) is 0 Å². The molecule has 2 saturated heterocycles. The Hall–Kier alpha value is 0.700. The minimum atomic E-state index is 1.08. The molecule has 0 bridgehead atoms. The fourth-order valence-corrected chi connectivity index (χ4v) is 14.2. The van der Waals surface area contributed by atoms with E-state index in [1.807, 2.05) is 0 Å². The van der Waals surface area contributed by atoms with Gasteiger partial charge < -0.3 is 0 Å². The van der Waals surface area contributed by atoms with Gasteiger partial charge in [-0.1, -0.05) is 25.7 Å². The molecule has 12 unspecified atom stereocenters. The Labute approximate surface area is 168 Å². The van der Waals surface area contributed by atoms with Crippen LogP contribution >= 0.6 is 23.5 Å². The van der Waals surface area contributed by atoms with Crippen LogP contribution in [0.4, 0.5) is 0 Å². The third-order valence-electron chi connectivity index (χ3n) is 10.5. The van der Waals surface area contributed by atoms with E-state index in [0.717, 1.165) is 68.3 Å². The lowest BCUT2D eigenvalue weighted by Gasteiger charge is -2.39. The first kappa shape index (κ1) is 16.5. The summed E-state index contributed by atoms with van der Waals surface area (Å²) in [5, 5.41) is 4.37. The number of fused-ring (bicyclic) bond motifs is 10. The first-order valence-electron chi connectivity index (χ1n) is 12.2. The van der Waals surface area contributed by atoms with E-state index < -0.39 is 0 Å². The summed E-state index contributed by atoms with van der Waals surface area (Å²) in [5.74, 6) is 9.14. The van der Waals surface area contributed by atoms with Crippen molar-refractivity contribution in [3.8, 4) is 0 Å². The molecule has 7 fully saturated rings. The van der Waals surface area contributed by atoms with Gasteiger partial charge in [0.2, 0.25) is 0 Å². The van der Waals surface area contributed by atoms with Crippen molar-refractivity contribution in [2.24, 2.45) is 47.3 Å². The summed E-state index contributed by atoms with van der Waals surface area (Å²) in [4.78, 5) is 0. The van der Waals surface area contributed by atoms with Crippen LogP contribution < -0.4 is 0 Å². The lowest BCUT2D eigenvalue weighted by Crippen LogP contribution is -2.33. The normalized spacial score (nSPS) is 62.8. The van der Waals surface area contributed by atoms with Gasteiger partial charge in [0.1, 0.15) is 0 Å². The fraction of sp³-hybridized carbons (Fsp3) is 1.00. The Bertz CT molecular complexity index is 525. The van der Waals surface area contributed by atoms with E-state index >= 15 is 0 Å². The largest absolute Gasteiger partial charge is 0.154 e. The van der Waals surface area contributed by atoms with E-state index in [-0.39, 0.29) is 0 Å². The molecule has 5 aliphatic carbocycles. The van der Waals surface area contributed by atoms with Crippen LogP contribution in [0.5, 0.6) is 0 Å². The highest BCUT2D eigenvalue weighted by molar-refractivity contribution is 8.01. The van der Waals surface area contributed by atoms with Crippen LogP contribution in [0.15, 0.2) is 0 Å². The Morgan fingerprint density at radius 2 is 0.846 bits per heavy atom. The summed E-state index contributed by atoms with van der Waals surface area (Å²) in [5.41, 5.74) is 0. The Morgan fingerprint density at radius 3 is 1.35 bits per heavy atom. The van der Waals surface area contributed by atoms with Crippen molar-refractivity contribution in [3.63, 3.8) is 0 Å². The summed E-state index contributed by atoms with van der Waals surface area (Å²) >= 11 is 5.04. The van der Waals surface area contributed by atoms with Crippen LogP contribution in [0.25, 0.3) is 0 Å². The van der Waals surface area contributed by atoms with E-state index in [1.165, 1.54) is 12.8 Å². The molecule has 0 N–H and O–H groups in total. The summed E-state index contributed by atoms with van der Waals surface area (Å²) in [6.45, 7) is 0. The van der Waals surface area contributed by atoms with Gasteiger partial charge in [-0.3, -0.25) is 0 Å². The Balaban J connectivity index is 1.11. The van der Waals surface area contributed by atoms with Crippen LogP contribution in [0.1, 0.15) is 77.0 Å².